The third-order valence-corrected chi connectivity index (χ3v) is 0.381. The van der Waals surface area contributed by atoms with Gasteiger partial charge in [0, 0.05) is 0 Å². The summed E-state index contributed by atoms with van der Waals surface area (Å²) in [5.41, 5.74) is 0. The van der Waals surface area contributed by atoms with E-state index in [0.29, 0.717) is 6.54 Å². The number of carbonyl (C=O) groups is 1. The molecule has 0 atom stereocenters. The molecule has 0 aromatic rings. The minimum atomic E-state index is 0. The van der Waals surface area contributed by atoms with Crippen molar-refractivity contribution in [2.45, 2.75) is 6.92 Å². The number of likely N-dealkylation sites (N-methyl/N-ethyl adjacent to an activating group) is 1. The summed E-state index contributed by atoms with van der Waals surface area (Å²) < 4.78 is 0. The summed E-state index contributed by atoms with van der Waals surface area (Å²) in [6.45, 7) is 1.88. The number of hydrogen-bond acceptors (Lipinski definition) is 1. The summed E-state index contributed by atoms with van der Waals surface area (Å²) >= 11 is 0. The number of nitrogens with zero attached hydrogens (tertiary/aromatic N) is 1. The molecule has 0 aromatic heterocycles. The molecule has 0 aliphatic heterocycles. The Morgan fingerprint density at radius 3 is 2.14 bits per heavy atom. The largest absolute Gasteiger partial charge is 3.00 e. The van der Waals surface area contributed by atoms with Crippen molar-refractivity contribution in [1.29, 1.82) is 0 Å². The van der Waals surface area contributed by atoms with Crippen LogP contribution in [0.1, 0.15) is 6.92 Å². The maximum atomic E-state index is 9.95. The summed E-state index contributed by atoms with van der Waals surface area (Å²) in [6.07, 6.45) is 0. The van der Waals surface area contributed by atoms with E-state index in [1.54, 1.807) is 7.05 Å². The Morgan fingerprint density at radius 2 is 2.14 bits per heavy atom. The molecule has 0 heterocycles. The van der Waals surface area contributed by atoms with E-state index >= 15 is 0 Å². The van der Waals surface area contributed by atoms with E-state index in [0.717, 1.165) is 0 Å². The van der Waals surface area contributed by atoms with Crippen LogP contribution in [0.5, 0.6) is 0 Å². The zero-order chi connectivity index (χ0) is 4.99. The van der Waals surface area contributed by atoms with Crippen molar-refractivity contribution >= 4 is 5.78 Å². The van der Waals surface area contributed by atoms with Gasteiger partial charge in [-0.2, -0.15) is 7.05 Å². The molecule has 0 aromatic carbocycles. The molecule has 0 aliphatic rings. The number of hydrogen-bond donors (Lipinski definition) is 0. The zero-order valence-corrected chi connectivity index (χ0v) is 7.48. The Kier molecular flexibility index (Phi) is 10.3. The molecule has 0 fully saturated rings. The molecule has 0 amide bonds. The van der Waals surface area contributed by atoms with Crippen molar-refractivity contribution in [3.8, 4) is 0 Å². The van der Waals surface area contributed by atoms with Gasteiger partial charge < -0.3 is 10.1 Å². The first-order valence-electron chi connectivity index (χ1n) is 1.82. The van der Waals surface area contributed by atoms with Crippen LogP contribution in [0.3, 0.4) is 0 Å². The van der Waals surface area contributed by atoms with Crippen molar-refractivity contribution in [3.63, 3.8) is 0 Å². The Morgan fingerprint density at radius 1 is 1.71 bits per heavy atom. The molecule has 0 bridgehead atoms. The standard InChI is InChI=1S/C4H8NO.Y/c1-4(6)3-5-2;/h3H2,1-2H3;/q-1;+3. The predicted octanol–water partition coefficient (Wildman–Crippen LogP) is 0.576. The molecule has 2 nitrogen and oxygen atoms in total. The predicted molar refractivity (Wildman–Crippen MR) is 24.8 cm³/mol. The Balaban J connectivity index is 0. The third kappa shape index (κ3) is 10.8. The third-order valence-electron chi connectivity index (χ3n) is 0.381. The fourth-order valence-electron chi connectivity index (χ4n) is 0.223. The molecule has 0 unspecified atom stereocenters. The molecule has 0 saturated carbocycles. The fourth-order valence-corrected chi connectivity index (χ4v) is 0.223. The van der Waals surface area contributed by atoms with E-state index < -0.39 is 0 Å². The van der Waals surface area contributed by atoms with Crippen molar-refractivity contribution in [3.05, 3.63) is 5.32 Å². The van der Waals surface area contributed by atoms with Gasteiger partial charge in [0.1, 0.15) is 5.78 Å². The SMILES string of the molecule is C[N-]CC(C)=O.[Y+3]. The Hall–Kier alpha value is 0.734. The van der Waals surface area contributed by atoms with Crippen LogP contribution in [-0.4, -0.2) is 19.4 Å². The summed E-state index contributed by atoms with van der Waals surface area (Å²) in [6, 6.07) is 0. The van der Waals surface area contributed by atoms with Gasteiger partial charge in [-0.1, -0.05) is 6.54 Å². The van der Waals surface area contributed by atoms with E-state index in [2.05, 4.69) is 5.32 Å². The molecular weight excluding hydrogens is 167 g/mol. The molecule has 0 aliphatic carbocycles. The van der Waals surface area contributed by atoms with Crippen LogP contribution < -0.4 is 0 Å². The first kappa shape index (κ1) is 10.7. The van der Waals surface area contributed by atoms with E-state index in [4.69, 9.17) is 0 Å². The molecule has 0 saturated heterocycles. The van der Waals surface area contributed by atoms with Crippen LogP contribution in [0, 0.1) is 0 Å². The topological polar surface area (TPSA) is 31.2 Å². The van der Waals surface area contributed by atoms with Gasteiger partial charge in [0.25, 0.3) is 0 Å². The number of rotatable bonds is 2. The van der Waals surface area contributed by atoms with Crippen molar-refractivity contribution in [2.75, 3.05) is 13.6 Å². The summed E-state index contributed by atoms with van der Waals surface area (Å²) in [7, 11) is 1.63. The fraction of sp³-hybridized carbons (Fsp3) is 0.750. The molecule has 0 radical (unpaired) electrons. The second-order valence-electron chi connectivity index (χ2n) is 1.18. The van der Waals surface area contributed by atoms with E-state index in [9.17, 15) is 4.79 Å². The molecule has 36 valence electrons. The average molecular weight is 175 g/mol. The molecular formula is C4H8NOY+2. The van der Waals surface area contributed by atoms with Gasteiger partial charge >= 0.3 is 32.7 Å². The second kappa shape index (κ2) is 6.73. The van der Waals surface area contributed by atoms with E-state index in [1.807, 2.05) is 0 Å². The van der Waals surface area contributed by atoms with Gasteiger partial charge in [0.05, 0.1) is 0 Å². The van der Waals surface area contributed by atoms with Crippen LogP contribution in [0.25, 0.3) is 5.32 Å². The van der Waals surface area contributed by atoms with E-state index in [-0.39, 0.29) is 38.5 Å². The van der Waals surface area contributed by atoms with Crippen LogP contribution in [0.15, 0.2) is 0 Å². The molecule has 7 heavy (non-hydrogen) atoms. The minimum absolute atomic E-state index is 0. The smallest absolute Gasteiger partial charge is 0.659 e. The van der Waals surface area contributed by atoms with Gasteiger partial charge in [-0.15, -0.1) is 0 Å². The van der Waals surface area contributed by atoms with Crippen LogP contribution in [-0.2, 0) is 37.5 Å². The normalized spacial score (nSPS) is 7.14. The van der Waals surface area contributed by atoms with Gasteiger partial charge in [-0.25, -0.2) is 0 Å². The first-order chi connectivity index (χ1) is 2.77. The Labute approximate surface area is 68.9 Å². The number of Topliss-reactive ketones (excluding diaryl/α,β-unsaturated/α-hetero) is 1. The first-order valence-corrected chi connectivity index (χ1v) is 1.82. The van der Waals surface area contributed by atoms with Crippen LogP contribution in [0.4, 0.5) is 0 Å². The van der Waals surface area contributed by atoms with Crippen molar-refractivity contribution in [2.24, 2.45) is 0 Å². The van der Waals surface area contributed by atoms with E-state index in [1.165, 1.54) is 6.92 Å². The summed E-state index contributed by atoms with van der Waals surface area (Å²) in [5.74, 6) is 0.123. The molecule has 0 N–H and O–H groups in total. The minimum Gasteiger partial charge on any atom is -0.659 e. The van der Waals surface area contributed by atoms with Crippen molar-refractivity contribution < 1.29 is 37.5 Å². The maximum absolute atomic E-state index is 9.95. The van der Waals surface area contributed by atoms with Gasteiger partial charge in [-0.05, 0) is 6.92 Å². The molecule has 0 rings (SSSR count). The summed E-state index contributed by atoms with van der Waals surface area (Å²) in [4.78, 5) is 9.95. The number of carbonyl (C=O) groups excluding carboxylic acids is 1. The summed E-state index contributed by atoms with van der Waals surface area (Å²) in [5, 5.41) is 3.59. The molecule has 3 heteroatoms. The Bertz CT molecular complexity index is 55.7. The average Bonchev–Trinajstić information content (AvgIpc) is 1.35. The quantitative estimate of drug-likeness (QED) is 0.603. The van der Waals surface area contributed by atoms with Gasteiger partial charge in [-0.3, -0.25) is 0 Å². The second-order valence-corrected chi connectivity index (χ2v) is 1.18. The zero-order valence-electron chi connectivity index (χ0n) is 4.64. The molecule has 0 spiro atoms. The maximum Gasteiger partial charge on any atom is 3.00 e. The van der Waals surface area contributed by atoms with Gasteiger partial charge in [0.2, 0.25) is 0 Å². The van der Waals surface area contributed by atoms with Crippen LogP contribution in [0.2, 0.25) is 0 Å². The van der Waals surface area contributed by atoms with Gasteiger partial charge in [0.15, 0.2) is 0 Å². The number of ketones is 1. The van der Waals surface area contributed by atoms with Crippen LogP contribution >= 0.6 is 0 Å². The monoisotopic (exact) mass is 175 g/mol. The van der Waals surface area contributed by atoms with Crippen molar-refractivity contribution in [1.82, 2.24) is 0 Å².